The number of halogens is 1. The van der Waals surface area contributed by atoms with E-state index in [1.54, 1.807) is 34.9 Å². The van der Waals surface area contributed by atoms with Crippen LogP contribution in [0.1, 0.15) is 21.5 Å². The van der Waals surface area contributed by atoms with Crippen LogP contribution in [-0.4, -0.2) is 66.6 Å². The van der Waals surface area contributed by atoms with E-state index in [1.165, 1.54) is 12.1 Å². The number of hydrogen-bond acceptors (Lipinski definition) is 5. The summed E-state index contributed by atoms with van der Waals surface area (Å²) in [5.74, 6) is 0.626. The molecule has 6 nitrogen and oxygen atoms in total. The van der Waals surface area contributed by atoms with Gasteiger partial charge in [0, 0.05) is 44.2 Å². The van der Waals surface area contributed by atoms with Crippen molar-refractivity contribution in [2.45, 2.75) is 5.75 Å². The molecule has 3 rings (SSSR count). The first-order valence-corrected chi connectivity index (χ1v) is 11.3. The third-order valence-corrected chi connectivity index (χ3v) is 6.10. The van der Waals surface area contributed by atoms with Gasteiger partial charge in [0.25, 0.3) is 5.91 Å². The summed E-state index contributed by atoms with van der Waals surface area (Å²) >= 11 is 1.67. The van der Waals surface area contributed by atoms with Crippen LogP contribution in [0.15, 0.2) is 48.5 Å². The molecule has 0 saturated carbocycles. The van der Waals surface area contributed by atoms with E-state index in [9.17, 15) is 14.0 Å². The predicted octanol–water partition coefficient (Wildman–Crippen LogP) is 2.50. The van der Waals surface area contributed by atoms with E-state index in [0.717, 1.165) is 17.1 Å². The zero-order chi connectivity index (χ0) is 22.1. The number of benzene rings is 2. The molecular formula is C23H25FN4O2S. The van der Waals surface area contributed by atoms with Gasteiger partial charge in [-0.15, -0.1) is 0 Å². The van der Waals surface area contributed by atoms with Gasteiger partial charge in [0.2, 0.25) is 5.91 Å². The summed E-state index contributed by atoms with van der Waals surface area (Å²) < 4.78 is 13.8. The maximum absolute atomic E-state index is 13.8. The molecule has 0 aliphatic carbocycles. The van der Waals surface area contributed by atoms with Crippen molar-refractivity contribution in [3.63, 3.8) is 0 Å². The van der Waals surface area contributed by atoms with E-state index in [4.69, 9.17) is 5.26 Å². The number of carbonyl (C=O) groups is 2. The summed E-state index contributed by atoms with van der Waals surface area (Å²) in [5, 5.41) is 12.0. The molecular weight excluding hydrogens is 415 g/mol. The molecule has 0 aromatic heterocycles. The van der Waals surface area contributed by atoms with Crippen molar-refractivity contribution in [3.05, 3.63) is 71.0 Å². The Morgan fingerprint density at radius 2 is 1.77 bits per heavy atom. The van der Waals surface area contributed by atoms with Crippen LogP contribution < -0.4 is 5.32 Å². The summed E-state index contributed by atoms with van der Waals surface area (Å²) in [6.07, 6.45) is 0. The highest BCUT2D eigenvalue weighted by Crippen LogP contribution is 2.15. The van der Waals surface area contributed by atoms with Gasteiger partial charge in [-0.3, -0.25) is 14.5 Å². The lowest BCUT2D eigenvalue weighted by molar-refractivity contribution is -0.122. The first-order valence-electron chi connectivity index (χ1n) is 10.2. The highest BCUT2D eigenvalue weighted by molar-refractivity contribution is 7.98. The van der Waals surface area contributed by atoms with E-state index in [2.05, 4.69) is 11.4 Å². The second-order valence-corrected chi connectivity index (χ2v) is 8.32. The second-order valence-electron chi connectivity index (χ2n) is 7.22. The number of piperazine rings is 1. The largest absolute Gasteiger partial charge is 0.354 e. The molecule has 2 amide bonds. The Bertz CT molecular complexity index is 955. The maximum atomic E-state index is 13.8. The fourth-order valence-electron chi connectivity index (χ4n) is 3.37. The highest BCUT2D eigenvalue weighted by atomic mass is 32.2. The summed E-state index contributed by atoms with van der Waals surface area (Å²) in [4.78, 5) is 28.3. The molecule has 0 atom stereocenters. The van der Waals surface area contributed by atoms with Crippen molar-refractivity contribution in [1.29, 1.82) is 5.26 Å². The van der Waals surface area contributed by atoms with Crippen LogP contribution in [0.4, 0.5) is 4.39 Å². The Morgan fingerprint density at radius 3 is 2.52 bits per heavy atom. The molecule has 1 saturated heterocycles. The molecule has 0 radical (unpaired) electrons. The summed E-state index contributed by atoms with van der Waals surface area (Å²) in [6, 6.07) is 15.7. The van der Waals surface area contributed by atoms with Crippen molar-refractivity contribution in [2.75, 3.05) is 45.0 Å². The number of carbonyl (C=O) groups excluding carboxylic acids is 2. The quantitative estimate of drug-likeness (QED) is 0.639. The van der Waals surface area contributed by atoms with Crippen LogP contribution in [0.25, 0.3) is 0 Å². The number of nitriles is 1. The molecule has 1 fully saturated rings. The number of thioether (sulfide) groups is 1. The molecule has 1 aliphatic heterocycles. The van der Waals surface area contributed by atoms with Crippen LogP contribution in [0.2, 0.25) is 0 Å². The van der Waals surface area contributed by atoms with Gasteiger partial charge in [0.05, 0.1) is 23.7 Å². The van der Waals surface area contributed by atoms with Gasteiger partial charge in [0.1, 0.15) is 5.82 Å². The normalized spacial score (nSPS) is 14.1. The van der Waals surface area contributed by atoms with E-state index in [0.29, 0.717) is 38.3 Å². The average Bonchev–Trinajstić information content (AvgIpc) is 2.79. The summed E-state index contributed by atoms with van der Waals surface area (Å²) in [5.41, 5.74) is 1.78. The van der Waals surface area contributed by atoms with Crippen LogP contribution in [0.3, 0.4) is 0 Å². The Kier molecular flexibility index (Phi) is 8.44. The van der Waals surface area contributed by atoms with Crippen molar-refractivity contribution < 1.29 is 14.0 Å². The second kappa shape index (κ2) is 11.5. The van der Waals surface area contributed by atoms with Crippen molar-refractivity contribution in [2.24, 2.45) is 0 Å². The van der Waals surface area contributed by atoms with Crippen molar-refractivity contribution in [3.8, 4) is 6.07 Å². The lowest BCUT2D eigenvalue weighted by Gasteiger charge is -2.34. The Hall–Kier alpha value is -2.89. The van der Waals surface area contributed by atoms with E-state index >= 15 is 0 Å². The van der Waals surface area contributed by atoms with Gasteiger partial charge in [-0.1, -0.05) is 30.3 Å². The molecule has 1 aliphatic rings. The number of amides is 2. The highest BCUT2D eigenvalue weighted by Gasteiger charge is 2.24. The standard InChI is InChI=1S/C23H25FN4O2S/c24-21-8-4-3-7-20(21)23(30)28-12-10-27(11-13-28)16-22(29)26-9-14-31-17-19-6-2-1-5-18(19)15-25/h1-8H,9-14,16-17H2,(H,26,29). The fraction of sp³-hybridized carbons (Fsp3) is 0.348. The van der Waals surface area contributed by atoms with Gasteiger partial charge in [-0.2, -0.15) is 17.0 Å². The molecule has 0 spiro atoms. The minimum Gasteiger partial charge on any atom is -0.354 e. The molecule has 2 aromatic carbocycles. The zero-order valence-electron chi connectivity index (χ0n) is 17.2. The van der Waals surface area contributed by atoms with Gasteiger partial charge >= 0.3 is 0 Å². The summed E-state index contributed by atoms with van der Waals surface area (Å²) in [6.45, 7) is 2.93. The minimum absolute atomic E-state index is 0.0492. The number of rotatable bonds is 8. The smallest absolute Gasteiger partial charge is 0.256 e. The first-order chi connectivity index (χ1) is 15.1. The SMILES string of the molecule is N#Cc1ccccc1CSCCNC(=O)CN1CCN(C(=O)c2ccccc2F)CC1. The van der Waals surface area contributed by atoms with E-state index < -0.39 is 5.82 Å². The minimum atomic E-state index is -0.511. The van der Waals surface area contributed by atoms with Gasteiger partial charge in [-0.25, -0.2) is 4.39 Å². The first kappa shape index (κ1) is 22.8. The molecule has 0 bridgehead atoms. The molecule has 8 heteroatoms. The number of nitrogens with zero attached hydrogens (tertiary/aromatic N) is 3. The zero-order valence-corrected chi connectivity index (χ0v) is 18.0. The van der Waals surface area contributed by atoms with Crippen molar-refractivity contribution in [1.82, 2.24) is 15.1 Å². The van der Waals surface area contributed by atoms with Gasteiger partial charge < -0.3 is 10.2 Å². The predicted molar refractivity (Wildman–Crippen MR) is 119 cm³/mol. The average molecular weight is 441 g/mol. The fourth-order valence-corrected chi connectivity index (χ4v) is 4.24. The van der Waals surface area contributed by atoms with Crippen LogP contribution in [0.5, 0.6) is 0 Å². The van der Waals surface area contributed by atoms with Crippen molar-refractivity contribution >= 4 is 23.6 Å². The summed E-state index contributed by atoms with van der Waals surface area (Å²) in [7, 11) is 0. The third kappa shape index (κ3) is 6.54. The van der Waals surface area contributed by atoms with E-state index in [-0.39, 0.29) is 23.9 Å². The van der Waals surface area contributed by atoms with E-state index in [1.807, 2.05) is 23.1 Å². The molecule has 1 N–H and O–H groups in total. The topological polar surface area (TPSA) is 76.4 Å². The Balaban J connectivity index is 1.32. The Morgan fingerprint density at radius 1 is 1.06 bits per heavy atom. The molecule has 2 aromatic rings. The molecule has 162 valence electrons. The third-order valence-electron chi connectivity index (χ3n) is 5.09. The lowest BCUT2D eigenvalue weighted by Crippen LogP contribution is -2.51. The monoisotopic (exact) mass is 440 g/mol. The lowest BCUT2D eigenvalue weighted by atomic mass is 10.1. The molecule has 31 heavy (non-hydrogen) atoms. The molecule has 1 heterocycles. The number of nitrogens with one attached hydrogen (secondary N) is 1. The van der Waals surface area contributed by atoms with Gasteiger partial charge in [-0.05, 0) is 23.8 Å². The number of hydrogen-bond donors (Lipinski definition) is 1. The van der Waals surface area contributed by atoms with Gasteiger partial charge in [0.15, 0.2) is 0 Å². The van der Waals surface area contributed by atoms with Crippen LogP contribution in [-0.2, 0) is 10.5 Å². The maximum Gasteiger partial charge on any atom is 0.256 e. The molecule has 0 unspecified atom stereocenters. The van der Waals surface area contributed by atoms with Crippen LogP contribution >= 0.6 is 11.8 Å². The van der Waals surface area contributed by atoms with Crippen LogP contribution in [0, 0.1) is 17.1 Å². The Labute approximate surface area is 186 Å².